The molecule has 6 heteroatoms. The smallest absolute Gasteiger partial charge is 0.311 e. The molecule has 0 aliphatic heterocycles. The molecule has 0 aliphatic carbocycles. The maximum absolute atomic E-state index is 11.1. The lowest BCUT2D eigenvalue weighted by Gasteiger charge is -2.33. The van der Waals surface area contributed by atoms with E-state index in [9.17, 15) is 10.0 Å². The van der Waals surface area contributed by atoms with E-state index in [1.165, 1.54) is 21.0 Å². The first-order valence-corrected chi connectivity index (χ1v) is 4.27. The average molecular weight is 207 g/mol. The SMILES string of the molecule is COC(=O)C(CO)CC(C)(C)[NH+]([O-])O. The molecular weight excluding hydrogens is 190 g/mol. The molecule has 84 valence electrons. The molecule has 3 N–H and O–H groups in total. The number of hydroxylamine groups is 2. The lowest BCUT2D eigenvalue weighted by molar-refractivity contribution is -1.09. The van der Waals surface area contributed by atoms with Gasteiger partial charge in [0.25, 0.3) is 0 Å². The van der Waals surface area contributed by atoms with Gasteiger partial charge in [0.2, 0.25) is 0 Å². The minimum Gasteiger partial charge on any atom is -0.600 e. The average Bonchev–Trinajstić information content (AvgIpc) is 2.12. The number of ether oxygens (including phenoxy) is 1. The molecule has 14 heavy (non-hydrogen) atoms. The summed E-state index contributed by atoms with van der Waals surface area (Å²) < 4.78 is 4.44. The van der Waals surface area contributed by atoms with Gasteiger partial charge in [0.05, 0.1) is 19.6 Å². The highest BCUT2D eigenvalue weighted by Crippen LogP contribution is 2.14. The number of aliphatic hydroxyl groups excluding tert-OH is 1. The van der Waals surface area contributed by atoms with E-state index < -0.39 is 29.3 Å². The van der Waals surface area contributed by atoms with Gasteiger partial charge in [0.1, 0.15) is 5.54 Å². The lowest BCUT2D eigenvalue weighted by Crippen LogP contribution is -3.13. The number of carbonyl (C=O) groups is 1. The number of aliphatic hydroxyl groups is 1. The highest BCUT2D eigenvalue weighted by molar-refractivity contribution is 5.72. The Bertz CT molecular complexity index is 192. The van der Waals surface area contributed by atoms with Crippen molar-refractivity contribution < 1.29 is 25.1 Å². The number of nitrogens with one attached hydrogen (secondary N) is 1. The molecule has 0 saturated heterocycles. The topological polar surface area (TPSA) is 94.3 Å². The van der Waals surface area contributed by atoms with E-state index in [1.54, 1.807) is 0 Å². The molecule has 0 radical (unpaired) electrons. The van der Waals surface area contributed by atoms with Crippen LogP contribution in [-0.2, 0) is 9.53 Å². The van der Waals surface area contributed by atoms with Crippen LogP contribution >= 0.6 is 0 Å². The van der Waals surface area contributed by atoms with E-state index in [0.29, 0.717) is 0 Å². The van der Waals surface area contributed by atoms with Gasteiger partial charge in [-0.25, -0.2) is 10.4 Å². The van der Waals surface area contributed by atoms with Crippen molar-refractivity contribution in [2.24, 2.45) is 5.92 Å². The van der Waals surface area contributed by atoms with E-state index >= 15 is 0 Å². The summed E-state index contributed by atoms with van der Waals surface area (Å²) >= 11 is 0. The first-order valence-electron chi connectivity index (χ1n) is 4.27. The van der Waals surface area contributed by atoms with Crippen molar-refractivity contribution in [3.8, 4) is 0 Å². The second-order valence-corrected chi connectivity index (χ2v) is 3.80. The zero-order valence-corrected chi connectivity index (χ0v) is 8.61. The number of hydrogen-bond donors (Lipinski definition) is 3. The van der Waals surface area contributed by atoms with Gasteiger partial charge in [-0.3, -0.25) is 4.79 Å². The zero-order chi connectivity index (χ0) is 11.4. The Labute approximate surface area is 82.6 Å². The Kier molecular flexibility index (Phi) is 5.00. The van der Waals surface area contributed by atoms with Gasteiger partial charge in [0, 0.05) is 6.42 Å². The van der Waals surface area contributed by atoms with Crippen LogP contribution in [0.1, 0.15) is 20.3 Å². The van der Waals surface area contributed by atoms with Gasteiger partial charge < -0.3 is 15.1 Å². The molecular formula is C8H17NO5. The van der Waals surface area contributed by atoms with Gasteiger partial charge in [-0.15, -0.1) is 0 Å². The van der Waals surface area contributed by atoms with Crippen LogP contribution in [0.4, 0.5) is 0 Å². The summed E-state index contributed by atoms with van der Waals surface area (Å²) in [5.41, 5.74) is -1.04. The minimum atomic E-state index is -1.04. The molecule has 2 unspecified atom stereocenters. The summed E-state index contributed by atoms with van der Waals surface area (Å²) in [4.78, 5) is 11.1. The van der Waals surface area contributed by atoms with Gasteiger partial charge in [-0.2, -0.15) is 0 Å². The van der Waals surface area contributed by atoms with Gasteiger partial charge in [-0.05, 0) is 13.8 Å². The van der Waals surface area contributed by atoms with E-state index in [0.717, 1.165) is 0 Å². The van der Waals surface area contributed by atoms with Gasteiger partial charge in [-0.1, -0.05) is 0 Å². The summed E-state index contributed by atoms with van der Waals surface area (Å²) in [7, 11) is 1.21. The molecule has 0 rings (SSSR count). The van der Waals surface area contributed by atoms with E-state index in [-0.39, 0.29) is 6.42 Å². The molecule has 6 nitrogen and oxygen atoms in total. The third kappa shape index (κ3) is 3.59. The van der Waals surface area contributed by atoms with Crippen molar-refractivity contribution in [2.45, 2.75) is 25.8 Å². The second kappa shape index (κ2) is 5.26. The van der Waals surface area contributed by atoms with E-state index in [2.05, 4.69) is 4.74 Å². The van der Waals surface area contributed by atoms with Crippen LogP contribution in [0, 0.1) is 11.1 Å². The molecule has 0 saturated carbocycles. The minimum absolute atomic E-state index is 0.0610. The number of hydrogen-bond acceptors (Lipinski definition) is 5. The molecule has 2 atom stereocenters. The summed E-state index contributed by atoms with van der Waals surface area (Å²) in [6.45, 7) is 2.60. The quantitative estimate of drug-likeness (QED) is 0.385. The second-order valence-electron chi connectivity index (χ2n) is 3.80. The number of carbonyl (C=O) groups excluding carboxylic acids is 1. The number of quaternary nitrogens is 1. The summed E-state index contributed by atoms with van der Waals surface area (Å²) in [6, 6.07) is 0. The fraction of sp³-hybridized carbons (Fsp3) is 0.875. The Balaban J connectivity index is 4.38. The van der Waals surface area contributed by atoms with Crippen LogP contribution in [-0.4, -0.2) is 35.5 Å². The number of esters is 1. The standard InChI is InChI=1S/C8H17NO5/c1-8(2,9(12)13)4-6(5-10)7(11)14-3/h6,9-10,12H,4-5H2,1-3H3. The molecule has 0 aliphatic rings. The predicted molar refractivity (Wildman–Crippen MR) is 47.4 cm³/mol. The summed E-state index contributed by atoms with van der Waals surface area (Å²) in [5.74, 6) is -1.35. The zero-order valence-electron chi connectivity index (χ0n) is 8.61. The fourth-order valence-corrected chi connectivity index (χ4v) is 1.09. The van der Waals surface area contributed by atoms with Crippen LogP contribution in [0.3, 0.4) is 0 Å². The van der Waals surface area contributed by atoms with Crippen LogP contribution in [0.25, 0.3) is 0 Å². The Morgan fingerprint density at radius 3 is 2.43 bits per heavy atom. The van der Waals surface area contributed by atoms with Crippen molar-refractivity contribution in [1.29, 1.82) is 0 Å². The highest BCUT2D eigenvalue weighted by Gasteiger charge is 2.33. The Hall–Kier alpha value is -0.690. The van der Waals surface area contributed by atoms with Crippen LogP contribution in [0.2, 0.25) is 0 Å². The van der Waals surface area contributed by atoms with Crippen LogP contribution in [0.5, 0.6) is 0 Å². The highest BCUT2D eigenvalue weighted by atomic mass is 16.8. The molecule has 0 fully saturated rings. The molecule has 0 aromatic heterocycles. The van der Waals surface area contributed by atoms with Crippen molar-refractivity contribution in [2.75, 3.05) is 13.7 Å². The van der Waals surface area contributed by atoms with Gasteiger partial charge in [0.15, 0.2) is 0 Å². The van der Waals surface area contributed by atoms with E-state index in [1.807, 2.05) is 0 Å². The maximum Gasteiger partial charge on any atom is 0.311 e. The van der Waals surface area contributed by atoms with E-state index in [4.69, 9.17) is 10.3 Å². The number of rotatable bonds is 5. The monoisotopic (exact) mass is 207 g/mol. The molecule has 0 heterocycles. The van der Waals surface area contributed by atoms with Gasteiger partial charge >= 0.3 is 5.97 Å². The van der Waals surface area contributed by atoms with Crippen LogP contribution < -0.4 is 5.23 Å². The first-order chi connectivity index (χ1) is 6.35. The third-order valence-corrected chi connectivity index (χ3v) is 2.09. The van der Waals surface area contributed by atoms with Crippen molar-refractivity contribution >= 4 is 5.97 Å². The Morgan fingerprint density at radius 1 is 1.64 bits per heavy atom. The number of methoxy groups -OCH3 is 1. The third-order valence-electron chi connectivity index (χ3n) is 2.09. The molecule has 0 amide bonds. The first kappa shape index (κ1) is 13.3. The largest absolute Gasteiger partial charge is 0.600 e. The maximum atomic E-state index is 11.1. The van der Waals surface area contributed by atoms with Crippen molar-refractivity contribution in [3.63, 3.8) is 0 Å². The summed E-state index contributed by atoms with van der Waals surface area (Å²) in [5, 5.41) is 27.4. The summed E-state index contributed by atoms with van der Waals surface area (Å²) in [6.07, 6.45) is 0.0610. The predicted octanol–water partition coefficient (Wildman–Crippen LogP) is -1.29. The molecule has 0 bridgehead atoms. The molecule has 0 aromatic carbocycles. The fourth-order valence-electron chi connectivity index (χ4n) is 1.09. The normalized spacial score (nSPS) is 16.1. The lowest BCUT2D eigenvalue weighted by atomic mass is 9.91. The van der Waals surface area contributed by atoms with Crippen molar-refractivity contribution in [3.05, 3.63) is 5.21 Å². The van der Waals surface area contributed by atoms with Crippen molar-refractivity contribution in [1.82, 2.24) is 0 Å². The van der Waals surface area contributed by atoms with Crippen LogP contribution in [0.15, 0.2) is 0 Å². The Morgan fingerprint density at radius 2 is 2.14 bits per heavy atom. The molecule has 0 spiro atoms. The molecule has 0 aromatic rings.